The topological polar surface area (TPSA) is 85.6 Å². The van der Waals surface area contributed by atoms with Crippen LogP contribution in [0, 0.1) is 0 Å². The molecule has 1 heterocycles. The Kier molecular flexibility index (Phi) is 5.91. The molecule has 6 nitrogen and oxygen atoms in total. The third kappa shape index (κ3) is 4.67. The van der Waals surface area contributed by atoms with E-state index in [-0.39, 0.29) is 11.5 Å². The van der Waals surface area contributed by atoms with Crippen LogP contribution >= 0.6 is 0 Å². The second kappa shape index (κ2) is 8.12. The fourth-order valence-corrected chi connectivity index (χ4v) is 2.07. The molecular weight excluding hydrogens is 298 g/mol. The van der Waals surface area contributed by atoms with Crippen LogP contribution in [-0.2, 0) is 9.53 Å². The Morgan fingerprint density at radius 2 is 2.00 bits per heavy atom. The van der Waals surface area contributed by atoms with Crippen molar-refractivity contribution in [3.8, 4) is 0 Å². The number of rotatable bonds is 7. The molecule has 1 aromatic heterocycles. The van der Waals surface area contributed by atoms with Crippen LogP contribution in [0.3, 0.4) is 0 Å². The number of unbranched alkanes of at least 4 members (excludes halogenated alkanes) is 2. The molecule has 6 heteroatoms. The first-order valence-corrected chi connectivity index (χ1v) is 7.58. The smallest absolute Gasteiger partial charge is 0.351 e. The van der Waals surface area contributed by atoms with Crippen LogP contribution < -0.4 is 10.9 Å². The lowest BCUT2D eigenvalue weighted by molar-refractivity contribution is -0.124. The van der Waals surface area contributed by atoms with E-state index in [1.54, 1.807) is 24.3 Å². The number of carbonyl (C=O) groups is 2. The largest absolute Gasteiger partial charge is 0.452 e. The Hall–Kier alpha value is -2.63. The summed E-state index contributed by atoms with van der Waals surface area (Å²) in [5.74, 6) is -1.26. The van der Waals surface area contributed by atoms with Crippen molar-refractivity contribution in [3.05, 3.63) is 46.3 Å². The number of nitrogens with one attached hydrogen (secondary N) is 1. The Labute approximate surface area is 133 Å². The number of ether oxygens (including phenoxy) is 1. The predicted octanol–water partition coefficient (Wildman–Crippen LogP) is 2.26. The molecule has 0 aliphatic rings. The quantitative estimate of drug-likeness (QED) is 0.481. The highest BCUT2D eigenvalue weighted by Crippen LogP contribution is 2.13. The molecule has 0 atom stereocenters. The monoisotopic (exact) mass is 317 g/mol. The summed E-state index contributed by atoms with van der Waals surface area (Å²) in [7, 11) is 0. The van der Waals surface area contributed by atoms with Gasteiger partial charge in [0.05, 0.1) is 0 Å². The van der Waals surface area contributed by atoms with Crippen LogP contribution in [0.25, 0.3) is 11.0 Å². The van der Waals surface area contributed by atoms with Crippen LogP contribution in [0.2, 0.25) is 0 Å². The van der Waals surface area contributed by atoms with E-state index in [4.69, 9.17) is 9.15 Å². The summed E-state index contributed by atoms with van der Waals surface area (Å²) in [4.78, 5) is 35.3. The maximum Gasteiger partial charge on any atom is 0.351 e. The summed E-state index contributed by atoms with van der Waals surface area (Å²) in [6.45, 7) is 2.19. The summed E-state index contributed by atoms with van der Waals surface area (Å²) in [6, 6.07) is 8.25. The van der Waals surface area contributed by atoms with Gasteiger partial charge in [-0.05, 0) is 18.6 Å². The summed E-state index contributed by atoms with van der Waals surface area (Å²) in [5.41, 5.74) is -0.609. The van der Waals surface area contributed by atoms with Gasteiger partial charge in [-0.3, -0.25) is 4.79 Å². The van der Waals surface area contributed by atoms with Gasteiger partial charge in [-0.15, -0.1) is 0 Å². The molecule has 122 valence electrons. The van der Waals surface area contributed by atoms with Gasteiger partial charge in [0.15, 0.2) is 6.61 Å². The summed E-state index contributed by atoms with van der Waals surface area (Å²) < 4.78 is 9.92. The van der Waals surface area contributed by atoms with Crippen molar-refractivity contribution in [3.63, 3.8) is 0 Å². The molecule has 2 aromatic rings. The van der Waals surface area contributed by atoms with Crippen LogP contribution in [0.4, 0.5) is 0 Å². The lowest BCUT2D eigenvalue weighted by atomic mass is 10.2. The zero-order valence-corrected chi connectivity index (χ0v) is 13.0. The van der Waals surface area contributed by atoms with E-state index in [9.17, 15) is 14.4 Å². The van der Waals surface area contributed by atoms with E-state index in [1.165, 1.54) is 6.07 Å². The number of para-hydroxylation sites is 1. The summed E-state index contributed by atoms with van der Waals surface area (Å²) in [5, 5.41) is 3.26. The van der Waals surface area contributed by atoms with Crippen molar-refractivity contribution in [1.82, 2.24) is 5.32 Å². The van der Waals surface area contributed by atoms with Crippen LogP contribution in [-0.4, -0.2) is 25.0 Å². The molecule has 1 amide bonds. The van der Waals surface area contributed by atoms with Crippen molar-refractivity contribution >= 4 is 22.8 Å². The molecule has 23 heavy (non-hydrogen) atoms. The Balaban J connectivity index is 1.94. The van der Waals surface area contributed by atoms with Crippen molar-refractivity contribution in [2.24, 2.45) is 0 Å². The third-order valence-electron chi connectivity index (χ3n) is 3.30. The minimum Gasteiger partial charge on any atom is -0.452 e. The van der Waals surface area contributed by atoms with Crippen molar-refractivity contribution < 1.29 is 18.7 Å². The van der Waals surface area contributed by atoms with E-state index < -0.39 is 18.2 Å². The zero-order chi connectivity index (χ0) is 16.7. The Morgan fingerprint density at radius 3 is 2.78 bits per heavy atom. The van der Waals surface area contributed by atoms with Gasteiger partial charge in [-0.25, -0.2) is 9.59 Å². The number of benzene rings is 1. The molecule has 0 radical (unpaired) electrons. The lowest BCUT2D eigenvalue weighted by Crippen LogP contribution is -2.30. The fourth-order valence-electron chi connectivity index (χ4n) is 2.07. The molecule has 0 bridgehead atoms. The number of carbonyl (C=O) groups excluding carboxylic acids is 2. The van der Waals surface area contributed by atoms with Crippen LogP contribution in [0.15, 0.2) is 39.5 Å². The van der Waals surface area contributed by atoms with E-state index in [0.717, 1.165) is 19.3 Å². The van der Waals surface area contributed by atoms with Crippen molar-refractivity contribution in [2.45, 2.75) is 26.2 Å². The number of hydrogen-bond donors (Lipinski definition) is 1. The summed E-state index contributed by atoms with van der Waals surface area (Å²) >= 11 is 0. The van der Waals surface area contributed by atoms with E-state index in [2.05, 4.69) is 12.2 Å². The van der Waals surface area contributed by atoms with E-state index in [1.807, 2.05) is 0 Å². The van der Waals surface area contributed by atoms with Gasteiger partial charge in [0, 0.05) is 11.9 Å². The number of esters is 1. The Morgan fingerprint density at radius 1 is 1.22 bits per heavy atom. The molecule has 0 fully saturated rings. The highest BCUT2D eigenvalue weighted by molar-refractivity contribution is 5.94. The zero-order valence-electron chi connectivity index (χ0n) is 13.0. The molecular formula is C17H19NO5. The first-order valence-electron chi connectivity index (χ1n) is 7.58. The van der Waals surface area contributed by atoms with Gasteiger partial charge < -0.3 is 14.5 Å². The Bertz CT molecular complexity index is 750. The molecule has 0 aliphatic heterocycles. The van der Waals surface area contributed by atoms with Crippen LogP contribution in [0.1, 0.15) is 36.5 Å². The highest BCUT2D eigenvalue weighted by Gasteiger charge is 2.16. The standard InChI is InChI=1S/C17H19NO5/c1-2-3-6-9-18-15(19)11-22-16(20)13-10-12-7-4-5-8-14(12)23-17(13)21/h4-5,7-8,10H,2-3,6,9,11H2,1H3,(H,18,19). The van der Waals surface area contributed by atoms with Gasteiger partial charge in [-0.1, -0.05) is 38.0 Å². The van der Waals surface area contributed by atoms with Gasteiger partial charge in [0.1, 0.15) is 11.1 Å². The van der Waals surface area contributed by atoms with E-state index in [0.29, 0.717) is 17.5 Å². The van der Waals surface area contributed by atoms with Gasteiger partial charge in [0.25, 0.3) is 5.91 Å². The van der Waals surface area contributed by atoms with Crippen LogP contribution in [0.5, 0.6) is 0 Å². The second-order valence-corrected chi connectivity index (χ2v) is 5.12. The third-order valence-corrected chi connectivity index (χ3v) is 3.30. The molecule has 0 spiro atoms. The van der Waals surface area contributed by atoms with Crippen molar-refractivity contribution in [1.29, 1.82) is 0 Å². The summed E-state index contributed by atoms with van der Waals surface area (Å²) in [6.07, 6.45) is 2.96. The average molecular weight is 317 g/mol. The molecule has 1 N–H and O–H groups in total. The van der Waals surface area contributed by atoms with Gasteiger partial charge in [0.2, 0.25) is 0 Å². The molecule has 0 saturated carbocycles. The first-order chi connectivity index (χ1) is 11.1. The predicted molar refractivity (Wildman–Crippen MR) is 85.3 cm³/mol. The SMILES string of the molecule is CCCCCNC(=O)COC(=O)c1cc2ccccc2oc1=O. The first kappa shape index (κ1) is 16.7. The molecule has 0 unspecified atom stereocenters. The maximum absolute atomic E-state index is 11.9. The van der Waals surface area contributed by atoms with E-state index >= 15 is 0 Å². The maximum atomic E-state index is 11.9. The minimum absolute atomic E-state index is 0.220. The van der Waals surface area contributed by atoms with Gasteiger partial charge in [-0.2, -0.15) is 0 Å². The fraction of sp³-hybridized carbons (Fsp3) is 0.353. The van der Waals surface area contributed by atoms with Gasteiger partial charge >= 0.3 is 11.6 Å². The second-order valence-electron chi connectivity index (χ2n) is 5.12. The average Bonchev–Trinajstić information content (AvgIpc) is 2.56. The molecule has 0 aliphatic carbocycles. The number of amides is 1. The molecule has 2 rings (SSSR count). The number of fused-ring (bicyclic) bond motifs is 1. The van der Waals surface area contributed by atoms with Crippen molar-refractivity contribution in [2.75, 3.05) is 13.2 Å². The normalized spacial score (nSPS) is 10.5. The molecule has 0 saturated heterocycles. The highest BCUT2D eigenvalue weighted by atomic mass is 16.5. The molecule has 1 aromatic carbocycles. The minimum atomic E-state index is -0.867. The lowest BCUT2D eigenvalue weighted by Gasteiger charge is -2.06. The number of hydrogen-bond acceptors (Lipinski definition) is 5.